The number of aliphatic hydroxyl groups is 1. The van der Waals surface area contributed by atoms with Crippen molar-refractivity contribution in [2.45, 2.75) is 26.3 Å². The summed E-state index contributed by atoms with van der Waals surface area (Å²) in [5, 5.41) is 23.4. The Morgan fingerprint density at radius 2 is 1.94 bits per heavy atom. The lowest BCUT2D eigenvalue weighted by Crippen LogP contribution is -2.33. The van der Waals surface area contributed by atoms with Crippen molar-refractivity contribution in [1.82, 2.24) is 19.3 Å². The van der Waals surface area contributed by atoms with Gasteiger partial charge < -0.3 is 9.67 Å². The van der Waals surface area contributed by atoms with E-state index < -0.39 is 29.8 Å². The first-order chi connectivity index (χ1) is 16.3. The van der Waals surface area contributed by atoms with Crippen LogP contribution < -0.4 is 5.56 Å². The third kappa shape index (κ3) is 4.49. The normalized spacial score (nSPS) is 11.9. The van der Waals surface area contributed by atoms with Crippen molar-refractivity contribution in [2.24, 2.45) is 0 Å². The van der Waals surface area contributed by atoms with Crippen molar-refractivity contribution in [3.63, 3.8) is 0 Å². The first kappa shape index (κ1) is 23.0. The van der Waals surface area contributed by atoms with Crippen LogP contribution in [0.15, 0.2) is 59.8 Å². The van der Waals surface area contributed by atoms with E-state index in [2.05, 4.69) is 10.1 Å². The van der Waals surface area contributed by atoms with Gasteiger partial charge in [0.05, 0.1) is 18.6 Å². The summed E-state index contributed by atoms with van der Waals surface area (Å²) in [6, 6.07) is 10.7. The first-order valence-electron chi connectivity index (χ1n) is 10.5. The Morgan fingerprint density at radius 1 is 1.15 bits per heavy atom. The average molecular weight is 461 g/mol. The molecule has 0 spiro atoms. The van der Waals surface area contributed by atoms with Crippen LogP contribution in [0.5, 0.6) is 0 Å². The number of aliphatic hydroxyl groups excluding tert-OH is 1. The van der Waals surface area contributed by atoms with Gasteiger partial charge in [-0.25, -0.2) is 18.4 Å². The van der Waals surface area contributed by atoms with E-state index in [-0.39, 0.29) is 23.2 Å². The average Bonchev–Trinajstić information content (AvgIpc) is 3.23. The quantitative estimate of drug-likeness (QED) is 0.475. The summed E-state index contributed by atoms with van der Waals surface area (Å²) >= 11 is 0. The SMILES string of the molecule is Cc1cn(-c2ccc(Cc3cc(C#N)nn([C@@H](CO)c4ccc(F)cc4F)c3=O)cc2C)cn1. The maximum absolute atomic E-state index is 14.4. The molecule has 0 aliphatic rings. The van der Waals surface area contributed by atoms with Crippen molar-refractivity contribution in [2.75, 3.05) is 6.61 Å². The summed E-state index contributed by atoms with van der Waals surface area (Å²) in [4.78, 5) is 17.5. The summed E-state index contributed by atoms with van der Waals surface area (Å²) in [6.45, 7) is 3.18. The molecule has 0 aliphatic heterocycles. The second kappa shape index (κ2) is 9.37. The monoisotopic (exact) mass is 461 g/mol. The number of hydrogen-bond acceptors (Lipinski definition) is 5. The Morgan fingerprint density at radius 3 is 2.56 bits per heavy atom. The van der Waals surface area contributed by atoms with Gasteiger partial charge in [0, 0.05) is 35.5 Å². The van der Waals surface area contributed by atoms with Crippen molar-refractivity contribution in [1.29, 1.82) is 5.26 Å². The van der Waals surface area contributed by atoms with Crippen LogP contribution in [0.25, 0.3) is 5.69 Å². The van der Waals surface area contributed by atoms with E-state index in [0.29, 0.717) is 6.07 Å². The molecule has 0 aliphatic carbocycles. The molecule has 172 valence electrons. The standard InChI is InChI=1S/C25H21F2N5O2/c1-15-7-17(3-6-23(15)31-12-16(2)29-14-31)8-18-9-20(11-28)30-32(25(18)34)24(13-33)21-5-4-19(26)10-22(21)27/h3-7,9-10,12,14,24,33H,8,13H2,1-2H3/t24-/m0/s1. The van der Waals surface area contributed by atoms with Gasteiger partial charge in [-0.2, -0.15) is 10.4 Å². The highest BCUT2D eigenvalue weighted by Crippen LogP contribution is 2.22. The number of hydrogen-bond donors (Lipinski definition) is 1. The third-order valence-electron chi connectivity index (χ3n) is 5.56. The molecule has 2 heterocycles. The van der Waals surface area contributed by atoms with Gasteiger partial charge in [-0.05, 0) is 43.2 Å². The maximum Gasteiger partial charge on any atom is 0.271 e. The van der Waals surface area contributed by atoms with Crippen molar-refractivity contribution < 1.29 is 13.9 Å². The molecular weight excluding hydrogens is 440 g/mol. The number of imidazole rings is 1. The van der Waals surface area contributed by atoms with E-state index in [0.717, 1.165) is 39.3 Å². The molecule has 34 heavy (non-hydrogen) atoms. The van der Waals surface area contributed by atoms with Gasteiger partial charge in [0.15, 0.2) is 5.69 Å². The summed E-state index contributed by atoms with van der Waals surface area (Å²) in [5.41, 5.74) is 3.15. The Hall–Kier alpha value is -4.16. The molecule has 2 aromatic heterocycles. The topological polar surface area (TPSA) is 96.7 Å². The van der Waals surface area contributed by atoms with Gasteiger partial charge in [-0.1, -0.05) is 18.2 Å². The lowest BCUT2D eigenvalue weighted by Gasteiger charge is -2.19. The highest BCUT2D eigenvalue weighted by molar-refractivity contribution is 5.44. The Kier molecular flexibility index (Phi) is 6.34. The van der Waals surface area contributed by atoms with Gasteiger partial charge in [-0.3, -0.25) is 4.79 Å². The van der Waals surface area contributed by atoms with Crippen LogP contribution >= 0.6 is 0 Å². The van der Waals surface area contributed by atoms with Crippen molar-refractivity contribution in [3.05, 3.63) is 111 Å². The predicted octanol–water partition coefficient (Wildman–Crippen LogP) is 3.37. The number of rotatable bonds is 6. The molecule has 9 heteroatoms. The Bertz CT molecular complexity index is 1470. The molecule has 0 unspecified atom stereocenters. The van der Waals surface area contributed by atoms with Gasteiger partial charge in [-0.15, -0.1) is 0 Å². The van der Waals surface area contributed by atoms with E-state index in [1.165, 1.54) is 6.07 Å². The minimum absolute atomic E-state index is 0.0576. The fourth-order valence-corrected chi connectivity index (χ4v) is 3.93. The van der Waals surface area contributed by atoms with Crippen LogP contribution in [0.3, 0.4) is 0 Å². The number of nitrogens with zero attached hydrogens (tertiary/aromatic N) is 5. The first-order valence-corrected chi connectivity index (χ1v) is 10.5. The number of benzene rings is 2. The van der Waals surface area contributed by atoms with Crippen LogP contribution in [-0.2, 0) is 6.42 Å². The second-order valence-corrected chi connectivity index (χ2v) is 8.00. The molecule has 0 amide bonds. The predicted molar refractivity (Wildman–Crippen MR) is 121 cm³/mol. The molecule has 0 fully saturated rings. The highest BCUT2D eigenvalue weighted by Gasteiger charge is 2.22. The molecule has 0 saturated heterocycles. The van der Waals surface area contributed by atoms with E-state index in [4.69, 9.17) is 0 Å². The number of aromatic nitrogens is 4. The summed E-state index contributed by atoms with van der Waals surface area (Å²) in [5.74, 6) is -1.70. The molecule has 4 rings (SSSR count). The van der Waals surface area contributed by atoms with E-state index in [1.807, 2.05) is 48.9 Å². The third-order valence-corrected chi connectivity index (χ3v) is 5.56. The van der Waals surface area contributed by atoms with E-state index in [9.17, 15) is 23.9 Å². The van der Waals surface area contributed by atoms with Gasteiger partial charge in [0.1, 0.15) is 23.7 Å². The van der Waals surface area contributed by atoms with Gasteiger partial charge >= 0.3 is 0 Å². The van der Waals surface area contributed by atoms with Crippen LogP contribution in [0.4, 0.5) is 8.78 Å². The van der Waals surface area contributed by atoms with E-state index >= 15 is 0 Å². The second-order valence-electron chi connectivity index (χ2n) is 8.00. The smallest absolute Gasteiger partial charge is 0.271 e. The zero-order valence-corrected chi connectivity index (χ0v) is 18.5. The minimum atomic E-state index is -1.21. The Balaban J connectivity index is 1.74. The number of nitriles is 1. The largest absolute Gasteiger partial charge is 0.394 e. The summed E-state index contributed by atoms with van der Waals surface area (Å²) < 4.78 is 30.5. The molecule has 2 aromatic carbocycles. The van der Waals surface area contributed by atoms with Crippen LogP contribution in [0.1, 0.15) is 39.7 Å². The van der Waals surface area contributed by atoms with Crippen LogP contribution in [0.2, 0.25) is 0 Å². The molecule has 4 aromatic rings. The zero-order valence-electron chi connectivity index (χ0n) is 18.5. The van der Waals surface area contributed by atoms with E-state index in [1.54, 1.807) is 6.33 Å². The summed E-state index contributed by atoms with van der Waals surface area (Å²) in [7, 11) is 0. The lowest BCUT2D eigenvalue weighted by atomic mass is 10.0. The number of halogens is 2. The fourth-order valence-electron chi connectivity index (χ4n) is 3.93. The highest BCUT2D eigenvalue weighted by atomic mass is 19.1. The maximum atomic E-state index is 14.4. The Labute approximate surface area is 194 Å². The molecule has 1 atom stereocenters. The van der Waals surface area contributed by atoms with Crippen molar-refractivity contribution in [3.8, 4) is 11.8 Å². The van der Waals surface area contributed by atoms with Gasteiger partial charge in [0.2, 0.25) is 0 Å². The number of aryl methyl sites for hydroxylation is 2. The zero-order chi connectivity index (χ0) is 24.4. The molecule has 0 saturated carbocycles. The van der Waals surface area contributed by atoms with Gasteiger partial charge in [0.25, 0.3) is 5.56 Å². The van der Waals surface area contributed by atoms with Crippen molar-refractivity contribution >= 4 is 0 Å². The molecule has 0 bridgehead atoms. The molecular formula is C25H21F2N5O2. The fraction of sp³-hybridized carbons (Fsp3) is 0.200. The molecule has 1 N–H and O–H groups in total. The van der Waals surface area contributed by atoms with Crippen LogP contribution in [-0.4, -0.2) is 31.0 Å². The molecule has 7 nitrogen and oxygen atoms in total. The lowest BCUT2D eigenvalue weighted by molar-refractivity contribution is 0.233. The summed E-state index contributed by atoms with van der Waals surface area (Å²) in [6.07, 6.45) is 3.83. The molecule has 0 radical (unpaired) electrons. The van der Waals surface area contributed by atoms with Crippen LogP contribution in [0, 0.1) is 36.8 Å². The minimum Gasteiger partial charge on any atom is -0.394 e.